The highest BCUT2D eigenvalue weighted by molar-refractivity contribution is 5.98. The Balaban J connectivity index is 1.10. The molecule has 3 aromatic rings. The molecule has 35 heteroatoms. The van der Waals surface area contributed by atoms with Gasteiger partial charge in [0, 0.05) is 181 Å². The first kappa shape index (κ1) is 74.2. The average molecular weight is 1290 g/mol. The monoisotopic (exact) mass is 1290 g/mol. The van der Waals surface area contributed by atoms with E-state index in [4.69, 9.17) is 5.73 Å². The molecule has 1 unspecified atom stereocenters. The van der Waals surface area contributed by atoms with Crippen molar-refractivity contribution in [2.24, 2.45) is 0 Å². The van der Waals surface area contributed by atoms with Gasteiger partial charge in [0.15, 0.2) is 11.2 Å². The van der Waals surface area contributed by atoms with Crippen molar-refractivity contribution in [3.8, 4) is 0 Å². The van der Waals surface area contributed by atoms with E-state index in [1.807, 2.05) is 4.90 Å². The van der Waals surface area contributed by atoms with Crippen LogP contribution in [0.1, 0.15) is 54.6 Å². The largest absolute Gasteiger partial charge is 0.549 e. The number of fused-ring (bicyclic) bond motifs is 1. The number of carbonyl (C=O) groups is 10. The van der Waals surface area contributed by atoms with E-state index in [1.54, 1.807) is 36.6 Å². The van der Waals surface area contributed by atoms with Crippen LogP contribution in [0.5, 0.6) is 0 Å². The molecule has 508 valence electrons. The van der Waals surface area contributed by atoms with E-state index in [1.165, 1.54) is 23.2 Å². The van der Waals surface area contributed by atoms with E-state index in [9.17, 15) is 78.3 Å². The van der Waals surface area contributed by atoms with Crippen molar-refractivity contribution in [3.63, 3.8) is 0 Å². The number of nitrogens with one attached hydrogen (secondary N) is 8. The number of H-pyrrole nitrogens is 1. The SMILES string of the molecule is Nc1nc2ncc(CNc3ccc(C(=O)NC(CCC(=O)NCCCCNC(=O)CN4CCNCCN(CC(=O)[O-])CCN(CC(=O)[O-])CC4)C(=O)NCCCCNC(=O)CN4CCN(CC(=O)[O-])CCN(CC(=O)[O-])CCN(CC(=O)[O-])CC4)cc3)nc2c(=O)[nH]1. The molecule has 4 heterocycles. The number of unbranched alkanes of at least 4 members (excludes halogenated alkanes) is 2. The van der Waals surface area contributed by atoms with Gasteiger partial charge < -0.3 is 92.5 Å². The number of aliphatic carboxylic acids is 5. The number of hydrogen-bond donors (Lipinski definition) is 9. The normalized spacial score (nSPS) is 16.5. The van der Waals surface area contributed by atoms with Gasteiger partial charge >= 0.3 is 0 Å². The Morgan fingerprint density at radius 3 is 1.34 bits per heavy atom. The minimum Gasteiger partial charge on any atom is -0.549 e. The molecule has 0 bridgehead atoms. The molecule has 5 rings (SSSR count). The zero-order valence-electron chi connectivity index (χ0n) is 51.6. The number of nitrogens with zero attached hydrogens (tertiary/aromatic N) is 10. The van der Waals surface area contributed by atoms with Crippen molar-refractivity contribution in [3.05, 3.63) is 52.1 Å². The third-order valence-electron chi connectivity index (χ3n) is 15.0. The van der Waals surface area contributed by atoms with Gasteiger partial charge in [-0.05, 0) is 56.4 Å². The quantitative estimate of drug-likeness (QED) is 0.0256. The Morgan fingerprint density at radius 1 is 0.511 bits per heavy atom. The molecule has 5 amide bonds. The molecule has 1 atom stereocenters. The molecule has 10 N–H and O–H groups in total. The van der Waals surface area contributed by atoms with E-state index in [2.05, 4.69) is 57.2 Å². The third-order valence-corrected chi connectivity index (χ3v) is 15.0. The molecule has 1 aromatic carbocycles. The highest BCUT2D eigenvalue weighted by Crippen LogP contribution is 2.13. The second kappa shape index (κ2) is 40.3. The summed E-state index contributed by atoms with van der Waals surface area (Å²) in [7, 11) is 0. The number of rotatable bonds is 33. The number of hydrogen-bond acceptors (Lipinski definition) is 29. The summed E-state index contributed by atoms with van der Waals surface area (Å²) < 4.78 is 0. The predicted molar refractivity (Wildman–Crippen MR) is 320 cm³/mol. The highest BCUT2D eigenvalue weighted by Gasteiger charge is 2.24. The number of nitrogen functional groups attached to an aromatic ring is 1. The second-order valence-electron chi connectivity index (χ2n) is 22.3. The Morgan fingerprint density at radius 2 is 0.902 bits per heavy atom. The van der Waals surface area contributed by atoms with Crippen LogP contribution in [-0.4, -0.2) is 296 Å². The molecule has 2 aliphatic rings. The standard InChI is InChI=1S/C57H89N19O16/c58-57-68-53-52(56(92)69-57)66-42(32-65-53)31-64-41-7-5-40(6-8-41)54(90)67-43(9-10-44(77)60-11-1-2-12-61-45(78)33-70-17-15-59-16-18-71(35-47(80)81)20-24-73(23-19-70)36-48(82)83)55(91)63-14-4-3-13-62-46(79)34-72-21-25-74(37-49(84)85)27-29-76(39-51(88)89)30-28-75(26-22-72)38-50(86)87/h5-8,32,43,59,64H,1-4,9-31,33-39H2,(H,60,77)(H,61,78)(H,62,79)(H,63,91)(H,67,90)(H,80,81)(H,82,83)(H,84,85)(H,86,87)(H,88,89)(H3,58,65,68,69,92)/p-5. The summed E-state index contributed by atoms with van der Waals surface area (Å²) in [4.78, 5) is 163. The zero-order chi connectivity index (χ0) is 66.8. The fourth-order valence-electron chi connectivity index (χ4n) is 10.00. The summed E-state index contributed by atoms with van der Waals surface area (Å²) in [5.74, 6) is -8.82. The van der Waals surface area contributed by atoms with Crippen LogP contribution in [0.15, 0.2) is 35.3 Å². The molecular weight excluding hydrogens is 1210 g/mol. The first-order valence-corrected chi connectivity index (χ1v) is 30.6. The molecule has 92 heavy (non-hydrogen) atoms. The third kappa shape index (κ3) is 30.0. The number of aromatic nitrogens is 4. The van der Waals surface area contributed by atoms with Gasteiger partial charge in [0.1, 0.15) is 6.04 Å². The summed E-state index contributed by atoms with van der Waals surface area (Å²) in [6, 6.07) is 5.14. The van der Waals surface area contributed by atoms with Crippen LogP contribution in [-0.2, 0) is 49.7 Å². The van der Waals surface area contributed by atoms with Crippen LogP contribution in [0.4, 0.5) is 11.6 Å². The smallest absolute Gasteiger partial charge is 0.280 e. The van der Waals surface area contributed by atoms with E-state index in [-0.39, 0.29) is 159 Å². The Hall–Kier alpha value is -8.58. The zero-order valence-corrected chi connectivity index (χ0v) is 51.6. The number of carbonyl (C=O) groups excluding carboxylic acids is 10. The number of benzene rings is 1. The van der Waals surface area contributed by atoms with Crippen LogP contribution in [0.25, 0.3) is 11.2 Å². The van der Waals surface area contributed by atoms with Gasteiger partial charge in [0.2, 0.25) is 29.6 Å². The van der Waals surface area contributed by atoms with E-state index in [0.717, 1.165) is 0 Å². The lowest BCUT2D eigenvalue weighted by atomic mass is 10.1. The van der Waals surface area contributed by atoms with Crippen molar-refractivity contribution in [1.29, 1.82) is 0 Å². The Kier molecular flexibility index (Phi) is 32.5. The van der Waals surface area contributed by atoms with Crippen molar-refractivity contribution >= 4 is 82.2 Å². The van der Waals surface area contributed by atoms with Gasteiger partial charge in [-0.2, -0.15) is 4.98 Å². The fourth-order valence-corrected chi connectivity index (χ4v) is 10.00. The molecule has 2 aromatic heterocycles. The summed E-state index contributed by atoms with van der Waals surface area (Å²) in [5.41, 5.74) is 6.35. The van der Waals surface area contributed by atoms with Gasteiger partial charge in [-0.3, -0.25) is 68.1 Å². The first-order chi connectivity index (χ1) is 44.1. The molecule has 2 fully saturated rings. The number of carboxylic acid groups (broad SMARTS) is 5. The second-order valence-corrected chi connectivity index (χ2v) is 22.3. The summed E-state index contributed by atoms with van der Waals surface area (Å²) in [6.45, 7) is 3.43. The van der Waals surface area contributed by atoms with E-state index >= 15 is 0 Å². The minimum absolute atomic E-state index is 0.00755. The number of amides is 5. The molecule has 0 aliphatic carbocycles. The van der Waals surface area contributed by atoms with Gasteiger partial charge in [0.05, 0.1) is 61.4 Å². The lowest BCUT2D eigenvalue weighted by Crippen LogP contribution is -2.52. The lowest BCUT2D eigenvalue weighted by Gasteiger charge is -2.34. The van der Waals surface area contributed by atoms with Crippen LogP contribution < -0.4 is 74.0 Å². The first-order valence-electron chi connectivity index (χ1n) is 30.6. The van der Waals surface area contributed by atoms with Gasteiger partial charge in [-0.15, -0.1) is 0 Å². The van der Waals surface area contributed by atoms with E-state index in [0.29, 0.717) is 89.4 Å². The molecule has 0 saturated carbocycles. The molecule has 2 saturated heterocycles. The van der Waals surface area contributed by atoms with Crippen LogP contribution >= 0.6 is 0 Å². The van der Waals surface area contributed by atoms with Gasteiger partial charge in [-0.1, -0.05) is 0 Å². The van der Waals surface area contributed by atoms with Crippen molar-refractivity contribution in [1.82, 2.24) is 86.1 Å². The van der Waals surface area contributed by atoms with Gasteiger partial charge in [0.25, 0.3) is 11.5 Å². The molecule has 0 radical (unpaired) electrons. The van der Waals surface area contributed by atoms with Gasteiger partial charge in [-0.25, -0.2) is 9.97 Å². The minimum atomic E-state index is -1.34. The average Bonchev–Trinajstić information content (AvgIpc) is 2.96. The predicted octanol–water partition coefficient (Wildman–Crippen LogP) is -11.7. The maximum Gasteiger partial charge on any atom is 0.280 e. The maximum atomic E-state index is 13.8. The van der Waals surface area contributed by atoms with Crippen LogP contribution in [0.3, 0.4) is 0 Å². The molecule has 0 spiro atoms. The van der Waals surface area contributed by atoms with Crippen LogP contribution in [0.2, 0.25) is 0 Å². The summed E-state index contributed by atoms with van der Waals surface area (Å²) in [5, 5.41) is 77.7. The topological polar surface area (TPSA) is 490 Å². The Bertz CT molecular complexity index is 2950. The summed E-state index contributed by atoms with van der Waals surface area (Å²) >= 11 is 0. The molecular formula is C57H84N19O16-5. The summed E-state index contributed by atoms with van der Waals surface area (Å²) in [6.07, 6.45) is 3.01. The highest BCUT2D eigenvalue weighted by atomic mass is 16.4. The van der Waals surface area contributed by atoms with Crippen molar-refractivity contribution < 1.29 is 73.5 Å². The molecule has 2 aliphatic heterocycles. The fraction of sp³-hybridized carbons (Fsp3) is 0.614. The number of aromatic amines is 1. The van der Waals surface area contributed by atoms with Crippen molar-refractivity contribution in [2.75, 3.05) is 188 Å². The maximum absolute atomic E-state index is 13.8. The molecule has 35 nitrogen and oxygen atoms in total. The number of anilines is 2. The number of nitrogens with two attached hydrogens (primary N) is 1. The van der Waals surface area contributed by atoms with Crippen molar-refractivity contribution in [2.45, 2.75) is 51.1 Å². The van der Waals surface area contributed by atoms with Crippen LogP contribution in [0, 0.1) is 0 Å². The lowest BCUT2D eigenvalue weighted by molar-refractivity contribution is -0.308. The van der Waals surface area contributed by atoms with E-state index < -0.39 is 78.8 Å². The number of carboxylic acids is 5. The Labute approximate surface area is 531 Å².